The molecule has 1 aromatic heterocycles. The van der Waals surface area contributed by atoms with E-state index in [4.69, 9.17) is 10.2 Å². The largest absolute Gasteiger partial charge is 0.466 e. The van der Waals surface area contributed by atoms with Gasteiger partial charge in [-0.25, -0.2) is 0 Å². The predicted molar refractivity (Wildman–Crippen MR) is 58.8 cm³/mol. The molecule has 0 aliphatic heterocycles. The number of amides is 1. The average Bonchev–Trinajstić information content (AvgIpc) is 2.42. The van der Waals surface area contributed by atoms with E-state index in [-0.39, 0.29) is 11.9 Å². The standard InChI is InChI=1S/C11H18N2O2/c1-7(12)6-13(4)11(14)10-5-8(2)15-9(10)3/h5,7H,6,12H2,1-4H3. The lowest BCUT2D eigenvalue weighted by Gasteiger charge is -2.18. The number of carbonyl (C=O) groups is 1. The zero-order valence-electron chi connectivity index (χ0n) is 9.70. The lowest BCUT2D eigenvalue weighted by molar-refractivity contribution is 0.0787. The van der Waals surface area contributed by atoms with E-state index in [1.165, 1.54) is 0 Å². The van der Waals surface area contributed by atoms with Gasteiger partial charge in [0.2, 0.25) is 0 Å². The van der Waals surface area contributed by atoms with Gasteiger partial charge in [-0.1, -0.05) is 0 Å². The summed E-state index contributed by atoms with van der Waals surface area (Å²) in [5, 5.41) is 0. The molecule has 1 atom stereocenters. The van der Waals surface area contributed by atoms with Gasteiger partial charge < -0.3 is 15.1 Å². The molecular weight excluding hydrogens is 192 g/mol. The van der Waals surface area contributed by atoms with E-state index >= 15 is 0 Å². The molecule has 0 saturated carbocycles. The summed E-state index contributed by atoms with van der Waals surface area (Å²) in [5.41, 5.74) is 6.26. The number of likely N-dealkylation sites (N-methyl/N-ethyl adjacent to an activating group) is 1. The smallest absolute Gasteiger partial charge is 0.257 e. The first-order valence-corrected chi connectivity index (χ1v) is 5.00. The summed E-state index contributed by atoms with van der Waals surface area (Å²) in [6.45, 7) is 6.04. The third-order valence-corrected chi connectivity index (χ3v) is 2.18. The normalized spacial score (nSPS) is 12.6. The van der Waals surface area contributed by atoms with Crippen LogP contribution in [0, 0.1) is 13.8 Å². The maximum Gasteiger partial charge on any atom is 0.257 e. The van der Waals surface area contributed by atoms with Gasteiger partial charge >= 0.3 is 0 Å². The van der Waals surface area contributed by atoms with Crippen molar-refractivity contribution in [1.82, 2.24) is 4.90 Å². The molecule has 0 saturated heterocycles. The molecule has 1 amide bonds. The van der Waals surface area contributed by atoms with E-state index in [1.807, 2.05) is 13.8 Å². The Balaban J connectivity index is 2.80. The van der Waals surface area contributed by atoms with Gasteiger partial charge in [0.25, 0.3) is 5.91 Å². The number of furan rings is 1. The second-order valence-corrected chi connectivity index (χ2v) is 3.99. The molecule has 2 N–H and O–H groups in total. The summed E-state index contributed by atoms with van der Waals surface area (Å²) in [6.07, 6.45) is 0. The molecule has 4 heteroatoms. The van der Waals surface area contributed by atoms with Crippen LogP contribution in [0.4, 0.5) is 0 Å². The van der Waals surface area contributed by atoms with Gasteiger partial charge in [0.1, 0.15) is 11.5 Å². The maximum absolute atomic E-state index is 11.9. The van der Waals surface area contributed by atoms with Crippen LogP contribution in [0.1, 0.15) is 28.8 Å². The van der Waals surface area contributed by atoms with Crippen LogP contribution in [0.5, 0.6) is 0 Å². The summed E-state index contributed by atoms with van der Waals surface area (Å²) in [6, 6.07) is 1.74. The minimum atomic E-state index is -0.0401. The van der Waals surface area contributed by atoms with Gasteiger partial charge in [-0.05, 0) is 26.8 Å². The van der Waals surface area contributed by atoms with Crippen LogP contribution in [-0.4, -0.2) is 30.4 Å². The SMILES string of the molecule is Cc1cc(C(=O)N(C)CC(C)N)c(C)o1. The van der Waals surface area contributed by atoms with E-state index < -0.39 is 0 Å². The highest BCUT2D eigenvalue weighted by Gasteiger charge is 2.17. The molecule has 0 aliphatic rings. The van der Waals surface area contributed by atoms with Crippen LogP contribution >= 0.6 is 0 Å². The molecule has 0 aliphatic carbocycles. The summed E-state index contributed by atoms with van der Waals surface area (Å²) < 4.78 is 5.31. The number of carbonyl (C=O) groups excluding carboxylic acids is 1. The van der Waals surface area contributed by atoms with Crippen molar-refractivity contribution < 1.29 is 9.21 Å². The highest BCUT2D eigenvalue weighted by atomic mass is 16.3. The molecule has 0 bridgehead atoms. The number of hydrogen-bond acceptors (Lipinski definition) is 3. The number of nitrogens with two attached hydrogens (primary N) is 1. The van der Waals surface area contributed by atoms with Crippen LogP contribution in [-0.2, 0) is 0 Å². The van der Waals surface area contributed by atoms with Gasteiger partial charge in [0, 0.05) is 19.6 Å². The molecule has 1 aromatic rings. The predicted octanol–water partition coefficient (Wildman–Crippen LogP) is 1.32. The molecule has 4 nitrogen and oxygen atoms in total. The van der Waals surface area contributed by atoms with Crippen LogP contribution in [0.3, 0.4) is 0 Å². The number of hydrogen-bond donors (Lipinski definition) is 1. The summed E-state index contributed by atoms with van der Waals surface area (Å²) >= 11 is 0. The quantitative estimate of drug-likeness (QED) is 0.818. The fourth-order valence-corrected chi connectivity index (χ4v) is 1.56. The molecule has 0 radical (unpaired) electrons. The van der Waals surface area contributed by atoms with E-state index in [2.05, 4.69) is 0 Å². The third kappa shape index (κ3) is 2.83. The molecule has 1 rings (SSSR count). The van der Waals surface area contributed by atoms with Gasteiger partial charge in [-0.15, -0.1) is 0 Å². The Morgan fingerprint density at radius 2 is 2.20 bits per heavy atom. The van der Waals surface area contributed by atoms with Crippen LogP contribution in [0.25, 0.3) is 0 Å². The Kier molecular flexibility index (Phi) is 3.52. The first-order chi connectivity index (χ1) is 6.91. The minimum absolute atomic E-state index is 0.0211. The van der Waals surface area contributed by atoms with Crippen molar-refractivity contribution >= 4 is 5.91 Å². The molecule has 15 heavy (non-hydrogen) atoms. The van der Waals surface area contributed by atoms with E-state index in [0.717, 1.165) is 5.76 Å². The summed E-state index contributed by atoms with van der Waals surface area (Å²) in [5.74, 6) is 1.38. The van der Waals surface area contributed by atoms with E-state index in [9.17, 15) is 4.79 Å². The highest BCUT2D eigenvalue weighted by Crippen LogP contribution is 2.15. The third-order valence-electron chi connectivity index (χ3n) is 2.18. The van der Waals surface area contributed by atoms with Gasteiger partial charge in [0.05, 0.1) is 5.56 Å². The summed E-state index contributed by atoms with van der Waals surface area (Å²) in [7, 11) is 1.74. The molecule has 1 heterocycles. The van der Waals surface area contributed by atoms with Crippen molar-refractivity contribution in [3.05, 3.63) is 23.2 Å². The zero-order valence-corrected chi connectivity index (χ0v) is 9.70. The molecule has 0 spiro atoms. The van der Waals surface area contributed by atoms with Crippen LogP contribution in [0.2, 0.25) is 0 Å². The average molecular weight is 210 g/mol. The monoisotopic (exact) mass is 210 g/mol. The molecule has 0 aromatic carbocycles. The second-order valence-electron chi connectivity index (χ2n) is 3.99. The van der Waals surface area contributed by atoms with Crippen molar-refractivity contribution in [2.45, 2.75) is 26.8 Å². The van der Waals surface area contributed by atoms with Gasteiger partial charge in [0.15, 0.2) is 0 Å². The topological polar surface area (TPSA) is 59.5 Å². The second kappa shape index (κ2) is 4.49. The Hall–Kier alpha value is -1.29. The Labute approximate surface area is 90.0 Å². The van der Waals surface area contributed by atoms with E-state index in [0.29, 0.717) is 17.9 Å². The minimum Gasteiger partial charge on any atom is -0.466 e. The summed E-state index contributed by atoms with van der Waals surface area (Å²) in [4.78, 5) is 13.5. The molecule has 0 fully saturated rings. The zero-order chi connectivity index (χ0) is 11.6. The maximum atomic E-state index is 11.9. The number of rotatable bonds is 3. The van der Waals surface area contributed by atoms with Gasteiger partial charge in [-0.3, -0.25) is 4.79 Å². The first-order valence-electron chi connectivity index (χ1n) is 5.00. The van der Waals surface area contributed by atoms with Crippen molar-refractivity contribution in [3.8, 4) is 0 Å². The van der Waals surface area contributed by atoms with Crippen LogP contribution < -0.4 is 5.73 Å². The molecule has 84 valence electrons. The van der Waals surface area contributed by atoms with E-state index in [1.54, 1.807) is 24.9 Å². The number of aryl methyl sites for hydroxylation is 2. The van der Waals surface area contributed by atoms with Crippen molar-refractivity contribution in [3.63, 3.8) is 0 Å². The van der Waals surface area contributed by atoms with Crippen LogP contribution in [0.15, 0.2) is 10.5 Å². The first kappa shape index (κ1) is 11.8. The van der Waals surface area contributed by atoms with Crippen molar-refractivity contribution in [2.24, 2.45) is 5.73 Å². The Bertz CT molecular complexity index is 355. The van der Waals surface area contributed by atoms with Crippen molar-refractivity contribution in [2.75, 3.05) is 13.6 Å². The lowest BCUT2D eigenvalue weighted by Crippen LogP contribution is -2.37. The Morgan fingerprint density at radius 1 is 1.60 bits per heavy atom. The molecule has 1 unspecified atom stereocenters. The number of nitrogens with zero attached hydrogens (tertiary/aromatic N) is 1. The van der Waals surface area contributed by atoms with Crippen molar-refractivity contribution in [1.29, 1.82) is 0 Å². The fraction of sp³-hybridized carbons (Fsp3) is 0.545. The lowest BCUT2D eigenvalue weighted by atomic mass is 10.2. The fourth-order valence-electron chi connectivity index (χ4n) is 1.56. The highest BCUT2D eigenvalue weighted by molar-refractivity contribution is 5.95. The molecular formula is C11H18N2O2. The van der Waals surface area contributed by atoms with Gasteiger partial charge in [-0.2, -0.15) is 0 Å². The Morgan fingerprint density at radius 3 is 2.60 bits per heavy atom.